The van der Waals surface area contributed by atoms with Gasteiger partial charge in [-0.25, -0.2) is 4.39 Å². The van der Waals surface area contributed by atoms with Gasteiger partial charge in [0, 0.05) is 17.1 Å². The van der Waals surface area contributed by atoms with E-state index < -0.39 is 11.7 Å². The molecule has 0 aliphatic rings. The van der Waals surface area contributed by atoms with E-state index in [0.29, 0.717) is 17.4 Å². The fraction of sp³-hybridized carbons (Fsp3) is 0.188. The predicted octanol–water partition coefficient (Wildman–Crippen LogP) is 3.41. The van der Waals surface area contributed by atoms with Crippen molar-refractivity contribution in [2.75, 3.05) is 6.54 Å². The minimum absolute atomic E-state index is 0.0338. The smallest absolute Gasteiger partial charge is 0.254 e. The molecule has 5 heteroatoms. The Hall–Kier alpha value is -1.72. The summed E-state index contributed by atoms with van der Waals surface area (Å²) in [6.45, 7) is 0.393. The summed E-state index contributed by atoms with van der Waals surface area (Å²) in [5.74, 6) is -0.977. The number of rotatable bonds is 5. The van der Waals surface area contributed by atoms with Gasteiger partial charge >= 0.3 is 0 Å². The lowest BCUT2D eigenvalue weighted by atomic mass is 10.0. The van der Waals surface area contributed by atoms with E-state index in [1.165, 1.54) is 12.1 Å². The van der Waals surface area contributed by atoms with Gasteiger partial charge in [-0.1, -0.05) is 46.3 Å². The molecule has 0 bridgehead atoms. The van der Waals surface area contributed by atoms with Crippen LogP contribution < -0.4 is 11.1 Å². The Labute approximate surface area is 131 Å². The van der Waals surface area contributed by atoms with Gasteiger partial charge in [-0.05, 0) is 30.2 Å². The Balaban J connectivity index is 1.87. The maximum Gasteiger partial charge on any atom is 0.254 e. The zero-order chi connectivity index (χ0) is 15.2. The molecule has 1 amide bonds. The quantitative estimate of drug-likeness (QED) is 0.868. The largest absolute Gasteiger partial charge is 0.352 e. The summed E-state index contributed by atoms with van der Waals surface area (Å²) in [5.41, 5.74) is 7.09. The van der Waals surface area contributed by atoms with Gasteiger partial charge in [-0.15, -0.1) is 0 Å². The molecule has 0 heterocycles. The number of amides is 1. The van der Waals surface area contributed by atoms with Crippen molar-refractivity contribution in [3.63, 3.8) is 0 Å². The first-order chi connectivity index (χ1) is 10.1. The SMILES string of the molecule is NC(CCNC(=O)c1ccc(Br)cc1F)c1ccccc1. The zero-order valence-corrected chi connectivity index (χ0v) is 12.9. The Morgan fingerprint density at radius 2 is 1.95 bits per heavy atom. The summed E-state index contributed by atoms with van der Waals surface area (Å²) >= 11 is 3.15. The van der Waals surface area contributed by atoms with Crippen molar-refractivity contribution in [2.45, 2.75) is 12.5 Å². The highest BCUT2D eigenvalue weighted by Gasteiger charge is 2.12. The Bertz CT molecular complexity index is 619. The summed E-state index contributed by atoms with van der Waals surface area (Å²) in [5, 5.41) is 2.69. The van der Waals surface area contributed by atoms with E-state index in [-0.39, 0.29) is 11.6 Å². The second kappa shape index (κ2) is 7.33. The topological polar surface area (TPSA) is 55.1 Å². The molecule has 0 aliphatic heterocycles. The van der Waals surface area contributed by atoms with Crippen LogP contribution in [0.2, 0.25) is 0 Å². The maximum atomic E-state index is 13.6. The van der Waals surface area contributed by atoms with E-state index in [4.69, 9.17) is 5.73 Å². The Morgan fingerprint density at radius 1 is 1.24 bits per heavy atom. The van der Waals surface area contributed by atoms with Crippen LogP contribution in [0.25, 0.3) is 0 Å². The minimum atomic E-state index is -0.547. The normalized spacial score (nSPS) is 12.0. The van der Waals surface area contributed by atoms with Gasteiger partial charge in [-0.3, -0.25) is 4.79 Å². The summed E-state index contributed by atoms with van der Waals surface area (Å²) in [6, 6.07) is 13.9. The number of nitrogens with two attached hydrogens (primary N) is 1. The van der Waals surface area contributed by atoms with Crippen LogP contribution in [0, 0.1) is 5.82 Å². The predicted molar refractivity (Wildman–Crippen MR) is 84.4 cm³/mol. The van der Waals surface area contributed by atoms with Crippen molar-refractivity contribution in [1.29, 1.82) is 0 Å². The number of nitrogens with one attached hydrogen (secondary N) is 1. The van der Waals surface area contributed by atoms with E-state index in [0.717, 1.165) is 5.56 Å². The fourth-order valence-electron chi connectivity index (χ4n) is 1.98. The van der Waals surface area contributed by atoms with Gasteiger partial charge in [0.05, 0.1) is 5.56 Å². The first-order valence-electron chi connectivity index (χ1n) is 6.61. The molecule has 110 valence electrons. The van der Waals surface area contributed by atoms with E-state index in [9.17, 15) is 9.18 Å². The van der Waals surface area contributed by atoms with Crippen LogP contribution in [0.15, 0.2) is 53.0 Å². The molecule has 0 aliphatic carbocycles. The highest BCUT2D eigenvalue weighted by Crippen LogP contribution is 2.16. The summed E-state index contributed by atoms with van der Waals surface area (Å²) in [4.78, 5) is 11.9. The Morgan fingerprint density at radius 3 is 2.62 bits per heavy atom. The number of carbonyl (C=O) groups excluding carboxylic acids is 1. The van der Waals surface area contributed by atoms with Gasteiger partial charge < -0.3 is 11.1 Å². The molecule has 3 nitrogen and oxygen atoms in total. The van der Waals surface area contributed by atoms with Gasteiger partial charge in [0.1, 0.15) is 5.82 Å². The van der Waals surface area contributed by atoms with Crippen LogP contribution >= 0.6 is 15.9 Å². The number of hydrogen-bond acceptors (Lipinski definition) is 2. The van der Waals surface area contributed by atoms with Crippen LogP contribution in [-0.4, -0.2) is 12.5 Å². The van der Waals surface area contributed by atoms with Crippen LogP contribution in [0.1, 0.15) is 28.4 Å². The van der Waals surface area contributed by atoms with Gasteiger partial charge in [0.25, 0.3) is 5.91 Å². The lowest BCUT2D eigenvalue weighted by Crippen LogP contribution is -2.27. The third-order valence-corrected chi connectivity index (χ3v) is 3.64. The molecule has 0 aromatic heterocycles. The number of halogens is 2. The first-order valence-corrected chi connectivity index (χ1v) is 7.41. The van der Waals surface area contributed by atoms with E-state index in [1.54, 1.807) is 6.07 Å². The molecule has 0 saturated carbocycles. The first kappa shape index (κ1) is 15.7. The molecule has 3 N–H and O–H groups in total. The van der Waals surface area contributed by atoms with E-state index in [2.05, 4.69) is 21.2 Å². The van der Waals surface area contributed by atoms with Crippen molar-refractivity contribution < 1.29 is 9.18 Å². The number of benzene rings is 2. The lowest BCUT2D eigenvalue weighted by Gasteiger charge is -2.12. The summed E-state index contributed by atoms with van der Waals surface area (Å²) < 4.78 is 14.2. The van der Waals surface area contributed by atoms with Gasteiger partial charge in [-0.2, -0.15) is 0 Å². The standard InChI is InChI=1S/C16H16BrFN2O/c17-12-6-7-13(14(18)10-12)16(21)20-9-8-15(19)11-4-2-1-3-5-11/h1-7,10,15H,8-9,19H2,(H,20,21). The van der Waals surface area contributed by atoms with Crippen molar-refractivity contribution in [3.05, 3.63) is 69.9 Å². The second-order valence-corrected chi connectivity index (χ2v) is 5.60. The maximum absolute atomic E-state index is 13.6. The van der Waals surface area contributed by atoms with Crippen molar-refractivity contribution >= 4 is 21.8 Å². The third-order valence-electron chi connectivity index (χ3n) is 3.14. The minimum Gasteiger partial charge on any atom is -0.352 e. The van der Waals surface area contributed by atoms with Crippen LogP contribution in [-0.2, 0) is 0 Å². The van der Waals surface area contributed by atoms with Crippen LogP contribution in [0.4, 0.5) is 4.39 Å². The monoisotopic (exact) mass is 350 g/mol. The second-order valence-electron chi connectivity index (χ2n) is 4.69. The van der Waals surface area contributed by atoms with Crippen LogP contribution in [0.3, 0.4) is 0 Å². The van der Waals surface area contributed by atoms with Crippen LogP contribution in [0.5, 0.6) is 0 Å². The molecule has 0 fully saturated rings. The van der Waals surface area contributed by atoms with Gasteiger partial charge in [0.2, 0.25) is 0 Å². The average Bonchev–Trinajstić information content (AvgIpc) is 2.47. The zero-order valence-electron chi connectivity index (χ0n) is 11.4. The molecule has 2 aromatic carbocycles. The van der Waals surface area contributed by atoms with E-state index in [1.807, 2.05) is 30.3 Å². The van der Waals surface area contributed by atoms with Crippen molar-refractivity contribution in [3.8, 4) is 0 Å². The molecule has 21 heavy (non-hydrogen) atoms. The van der Waals surface area contributed by atoms with E-state index >= 15 is 0 Å². The van der Waals surface area contributed by atoms with Crippen molar-refractivity contribution in [1.82, 2.24) is 5.32 Å². The fourth-order valence-corrected chi connectivity index (χ4v) is 2.31. The Kier molecular flexibility index (Phi) is 5.47. The molecular weight excluding hydrogens is 335 g/mol. The van der Waals surface area contributed by atoms with Gasteiger partial charge in [0.15, 0.2) is 0 Å². The molecule has 1 unspecified atom stereocenters. The third kappa shape index (κ3) is 4.37. The molecule has 1 atom stereocenters. The highest BCUT2D eigenvalue weighted by molar-refractivity contribution is 9.10. The number of carbonyl (C=O) groups is 1. The summed E-state index contributed by atoms with van der Waals surface area (Å²) in [7, 11) is 0. The molecule has 0 spiro atoms. The number of hydrogen-bond donors (Lipinski definition) is 2. The molecule has 0 radical (unpaired) electrons. The molecule has 2 rings (SSSR count). The highest BCUT2D eigenvalue weighted by atomic mass is 79.9. The van der Waals surface area contributed by atoms with Crippen molar-refractivity contribution in [2.24, 2.45) is 5.73 Å². The molecule has 0 saturated heterocycles. The molecular formula is C16H16BrFN2O. The summed E-state index contributed by atoms with van der Waals surface area (Å²) in [6.07, 6.45) is 0.591. The average molecular weight is 351 g/mol. The molecule has 2 aromatic rings. The lowest BCUT2D eigenvalue weighted by molar-refractivity contribution is 0.0948.